The van der Waals surface area contributed by atoms with E-state index in [9.17, 15) is 19.5 Å². The molecule has 164 valence electrons. The summed E-state index contributed by atoms with van der Waals surface area (Å²) >= 11 is 0. The summed E-state index contributed by atoms with van der Waals surface area (Å²) in [6, 6.07) is -0.136. The predicted octanol–water partition coefficient (Wildman–Crippen LogP) is 3.53. The maximum absolute atomic E-state index is 13.8. The average molecular weight is 414 g/mol. The number of carbonyl (C=O) groups excluding carboxylic acids is 3. The molecule has 5 heteroatoms. The minimum atomic E-state index is -1.31. The van der Waals surface area contributed by atoms with Crippen LogP contribution in [0.15, 0.2) is 35.5 Å². The minimum Gasteiger partial charge on any atom is -0.385 e. The standard InChI is InChI=1S/C25H35NO4/c1-14(2)11-21-24(6)17(5)16(4)13-18-12-15(3)7-8-19(27)20(28)9-10-22(29)25(18,24)23(30)26-21/h9-10,12-14,17-19,21,27H,7-8,11H2,1-6H3,(H,26,30)/b10-9+,15-12+/t17-,18+,19-,21+,24+,25+/m1/s1. The van der Waals surface area contributed by atoms with Crippen LogP contribution in [0.3, 0.4) is 0 Å². The van der Waals surface area contributed by atoms with Crippen molar-refractivity contribution in [3.8, 4) is 0 Å². The van der Waals surface area contributed by atoms with Crippen LogP contribution in [0, 0.1) is 28.6 Å². The number of nitrogens with one attached hydrogen (secondary N) is 1. The molecule has 5 nitrogen and oxygen atoms in total. The van der Waals surface area contributed by atoms with E-state index in [1.165, 1.54) is 17.7 Å². The van der Waals surface area contributed by atoms with Crippen LogP contribution >= 0.6 is 0 Å². The second kappa shape index (κ2) is 7.92. The highest BCUT2D eigenvalue weighted by Crippen LogP contribution is 2.63. The van der Waals surface area contributed by atoms with E-state index in [4.69, 9.17) is 0 Å². The van der Waals surface area contributed by atoms with Gasteiger partial charge in [0.2, 0.25) is 5.91 Å². The van der Waals surface area contributed by atoms with Crippen molar-refractivity contribution in [1.82, 2.24) is 5.32 Å². The van der Waals surface area contributed by atoms with Crippen molar-refractivity contribution in [2.24, 2.45) is 28.6 Å². The molecule has 1 fully saturated rings. The van der Waals surface area contributed by atoms with Crippen molar-refractivity contribution in [3.05, 3.63) is 35.5 Å². The van der Waals surface area contributed by atoms with E-state index in [1.807, 2.05) is 13.0 Å². The fourth-order valence-corrected chi connectivity index (χ4v) is 5.91. The number of ketones is 2. The van der Waals surface area contributed by atoms with Crippen molar-refractivity contribution < 1.29 is 19.5 Å². The molecule has 2 aliphatic carbocycles. The van der Waals surface area contributed by atoms with E-state index in [-0.39, 0.29) is 23.7 Å². The molecular weight excluding hydrogens is 378 g/mol. The summed E-state index contributed by atoms with van der Waals surface area (Å²) in [4.78, 5) is 39.8. The van der Waals surface area contributed by atoms with Gasteiger partial charge in [-0.05, 0) is 57.1 Å². The molecule has 0 aromatic rings. The molecule has 0 aromatic carbocycles. The molecule has 1 amide bonds. The highest BCUT2D eigenvalue weighted by Gasteiger charge is 2.71. The molecule has 0 bridgehead atoms. The van der Waals surface area contributed by atoms with E-state index in [1.54, 1.807) is 0 Å². The van der Waals surface area contributed by atoms with Crippen LogP contribution in [0.4, 0.5) is 0 Å². The van der Waals surface area contributed by atoms with Crippen molar-refractivity contribution in [1.29, 1.82) is 0 Å². The Hall–Kier alpha value is -2.01. The first-order valence-electron chi connectivity index (χ1n) is 11.1. The summed E-state index contributed by atoms with van der Waals surface area (Å²) < 4.78 is 0. The quantitative estimate of drug-likeness (QED) is 0.536. The number of amides is 1. The van der Waals surface area contributed by atoms with Crippen LogP contribution in [0.2, 0.25) is 0 Å². The molecular formula is C25H35NO4. The number of carbonyl (C=O) groups is 3. The van der Waals surface area contributed by atoms with Crippen molar-refractivity contribution in [2.75, 3.05) is 0 Å². The lowest BCUT2D eigenvalue weighted by Gasteiger charge is -2.52. The lowest BCUT2D eigenvalue weighted by molar-refractivity contribution is -0.148. The van der Waals surface area contributed by atoms with Gasteiger partial charge in [0, 0.05) is 17.4 Å². The van der Waals surface area contributed by atoms with Gasteiger partial charge in [-0.1, -0.05) is 51.0 Å². The molecule has 1 saturated heterocycles. The van der Waals surface area contributed by atoms with Gasteiger partial charge in [0.25, 0.3) is 0 Å². The Balaban J connectivity index is 2.29. The fraction of sp³-hybridized carbons (Fsp3) is 0.640. The first kappa shape index (κ1) is 22.7. The smallest absolute Gasteiger partial charge is 0.235 e. The van der Waals surface area contributed by atoms with Crippen molar-refractivity contribution in [3.63, 3.8) is 0 Å². The summed E-state index contributed by atoms with van der Waals surface area (Å²) in [5.41, 5.74) is 0.210. The van der Waals surface area contributed by atoms with Gasteiger partial charge in [0.05, 0.1) is 0 Å². The Kier molecular flexibility index (Phi) is 5.98. The van der Waals surface area contributed by atoms with Crippen molar-refractivity contribution in [2.45, 2.75) is 73.0 Å². The average Bonchev–Trinajstić information content (AvgIpc) is 2.88. The molecule has 3 rings (SSSR count). The largest absolute Gasteiger partial charge is 0.385 e. The molecule has 1 spiro atoms. The fourth-order valence-electron chi connectivity index (χ4n) is 5.91. The summed E-state index contributed by atoms with van der Waals surface area (Å²) in [7, 11) is 0. The maximum atomic E-state index is 13.8. The Morgan fingerprint density at radius 2 is 1.83 bits per heavy atom. The number of aliphatic hydroxyl groups excluding tert-OH is 1. The third-order valence-corrected chi connectivity index (χ3v) is 7.86. The van der Waals surface area contributed by atoms with Gasteiger partial charge in [-0.15, -0.1) is 0 Å². The predicted molar refractivity (Wildman–Crippen MR) is 116 cm³/mol. The molecule has 1 heterocycles. The lowest BCUT2D eigenvalue weighted by atomic mass is 9.46. The zero-order valence-corrected chi connectivity index (χ0v) is 19.0. The van der Waals surface area contributed by atoms with E-state index in [2.05, 4.69) is 46.0 Å². The zero-order chi connectivity index (χ0) is 22.4. The SMILES string of the molecule is CC1=C[C@@H]2/C=C(\C)CC[C@@H](O)C(=O)/C=C/C(=O)[C@]23C(=O)N[C@@H](CC(C)C)[C@]3(C)[C@@H]1C. The maximum Gasteiger partial charge on any atom is 0.235 e. The minimum absolute atomic E-state index is 0.0222. The number of hydrogen-bond acceptors (Lipinski definition) is 4. The van der Waals surface area contributed by atoms with E-state index in [0.29, 0.717) is 18.8 Å². The van der Waals surface area contributed by atoms with Gasteiger partial charge in [0.15, 0.2) is 11.6 Å². The van der Waals surface area contributed by atoms with Gasteiger partial charge < -0.3 is 10.4 Å². The third-order valence-electron chi connectivity index (χ3n) is 7.86. The van der Waals surface area contributed by atoms with Gasteiger partial charge in [-0.2, -0.15) is 0 Å². The summed E-state index contributed by atoms with van der Waals surface area (Å²) in [5, 5.41) is 13.3. The Morgan fingerprint density at radius 3 is 2.47 bits per heavy atom. The third kappa shape index (κ3) is 3.22. The van der Waals surface area contributed by atoms with Crippen LogP contribution in [0.5, 0.6) is 0 Å². The van der Waals surface area contributed by atoms with E-state index < -0.39 is 28.6 Å². The second-order valence-electron chi connectivity index (χ2n) is 10.1. The first-order chi connectivity index (χ1) is 14.0. The van der Waals surface area contributed by atoms with Gasteiger partial charge in [-0.25, -0.2) is 0 Å². The molecule has 6 atom stereocenters. The summed E-state index contributed by atoms with van der Waals surface area (Å²) in [5.74, 6) is -1.09. The number of aliphatic hydroxyl groups is 1. The Bertz CT molecular complexity index is 851. The number of allylic oxidation sites excluding steroid dienone is 5. The molecule has 30 heavy (non-hydrogen) atoms. The van der Waals surface area contributed by atoms with Crippen LogP contribution in [-0.4, -0.2) is 34.7 Å². The molecule has 0 saturated carbocycles. The lowest BCUT2D eigenvalue weighted by Crippen LogP contribution is -2.58. The number of hydrogen-bond donors (Lipinski definition) is 2. The molecule has 0 aromatic heterocycles. The van der Waals surface area contributed by atoms with Crippen LogP contribution in [0.1, 0.15) is 60.8 Å². The normalized spacial score (nSPS) is 42.5. The molecule has 2 N–H and O–H groups in total. The molecule has 0 unspecified atom stereocenters. The van der Waals surface area contributed by atoms with E-state index >= 15 is 0 Å². The highest BCUT2D eigenvalue weighted by atomic mass is 16.3. The van der Waals surface area contributed by atoms with Crippen LogP contribution in [-0.2, 0) is 14.4 Å². The molecule has 3 aliphatic rings. The Morgan fingerprint density at radius 1 is 1.17 bits per heavy atom. The highest BCUT2D eigenvalue weighted by molar-refractivity contribution is 6.16. The number of rotatable bonds is 2. The van der Waals surface area contributed by atoms with Crippen LogP contribution in [0.25, 0.3) is 0 Å². The topological polar surface area (TPSA) is 83.5 Å². The Labute approximate surface area is 179 Å². The van der Waals surface area contributed by atoms with Crippen molar-refractivity contribution >= 4 is 17.5 Å². The summed E-state index contributed by atoms with van der Waals surface area (Å²) in [6.45, 7) is 12.4. The van der Waals surface area contributed by atoms with Gasteiger partial charge in [-0.3, -0.25) is 14.4 Å². The summed E-state index contributed by atoms with van der Waals surface area (Å²) in [6.07, 6.45) is 6.97. The van der Waals surface area contributed by atoms with E-state index in [0.717, 1.165) is 12.0 Å². The molecule has 0 radical (unpaired) electrons. The molecule has 1 aliphatic heterocycles. The monoisotopic (exact) mass is 413 g/mol. The zero-order valence-electron chi connectivity index (χ0n) is 19.0. The second-order valence-corrected chi connectivity index (χ2v) is 10.1. The van der Waals surface area contributed by atoms with Gasteiger partial charge in [0.1, 0.15) is 11.5 Å². The van der Waals surface area contributed by atoms with Gasteiger partial charge >= 0.3 is 0 Å². The first-order valence-corrected chi connectivity index (χ1v) is 11.1. The van der Waals surface area contributed by atoms with Crippen LogP contribution < -0.4 is 5.32 Å².